The van der Waals surface area contributed by atoms with E-state index in [1.54, 1.807) is 11.5 Å². The fourth-order valence-corrected chi connectivity index (χ4v) is 2.56. The summed E-state index contributed by atoms with van der Waals surface area (Å²) >= 11 is 1.56. The minimum atomic E-state index is 1.03. The summed E-state index contributed by atoms with van der Waals surface area (Å²) in [6.07, 6.45) is 2.43. The monoisotopic (exact) mass is 249 g/mol. The summed E-state index contributed by atoms with van der Waals surface area (Å²) < 4.78 is 4.42. The van der Waals surface area contributed by atoms with Gasteiger partial charge in [0.1, 0.15) is 5.00 Å². The van der Waals surface area contributed by atoms with Crippen molar-refractivity contribution in [1.29, 1.82) is 0 Å². The first-order valence-electron chi connectivity index (χ1n) is 6.00. The lowest BCUT2D eigenvalue weighted by atomic mass is 10.2. The van der Waals surface area contributed by atoms with Gasteiger partial charge < -0.3 is 10.2 Å². The molecule has 1 N–H and O–H groups in total. The van der Waals surface area contributed by atoms with Gasteiger partial charge in [0.2, 0.25) is 0 Å². The van der Waals surface area contributed by atoms with Crippen LogP contribution in [0.2, 0.25) is 0 Å². The largest absolute Gasteiger partial charge is 0.375 e. The highest BCUT2D eigenvalue weighted by atomic mass is 32.1. The number of fused-ring (bicyclic) bond motifs is 1. The van der Waals surface area contributed by atoms with Gasteiger partial charge >= 0.3 is 0 Å². The Hall–Kier alpha value is -1.13. The number of aromatic nitrogens is 1. The molecule has 1 heterocycles. The van der Waals surface area contributed by atoms with E-state index in [0.29, 0.717) is 0 Å². The van der Waals surface area contributed by atoms with Crippen LogP contribution in [0.15, 0.2) is 24.3 Å². The van der Waals surface area contributed by atoms with Crippen LogP contribution in [0, 0.1) is 0 Å². The summed E-state index contributed by atoms with van der Waals surface area (Å²) in [5.74, 6) is 0. The Kier molecular flexibility index (Phi) is 4.34. The molecule has 0 atom stereocenters. The van der Waals surface area contributed by atoms with Crippen LogP contribution in [0.4, 0.5) is 5.00 Å². The van der Waals surface area contributed by atoms with E-state index in [-0.39, 0.29) is 0 Å². The van der Waals surface area contributed by atoms with Crippen molar-refractivity contribution in [1.82, 2.24) is 9.27 Å². The highest BCUT2D eigenvalue weighted by molar-refractivity contribution is 7.11. The molecule has 0 aliphatic rings. The molecule has 17 heavy (non-hydrogen) atoms. The Morgan fingerprint density at radius 1 is 1.24 bits per heavy atom. The summed E-state index contributed by atoms with van der Waals surface area (Å²) in [6.45, 7) is 2.19. The first-order chi connectivity index (χ1) is 8.27. The number of rotatable bonds is 6. The third kappa shape index (κ3) is 3.41. The van der Waals surface area contributed by atoms with Gasteiger partial charge in [-0.25, -0.2) is 0 Å². The Morgan fingerprint density at radius 3 is 2.88 bits per heavy atom. The van der Waals surface area contributed by atoms with E-state index in [1.807, 2.05) is 6.07 Å². The molecule has 0 radical (unpaired) electrons. The van der Waals surface area contributed by atoms with Crippen LogP contribution in [-0.2, 0) is 0 Å². The molecule has 0 aliphatic carbocycles. The van der Waals surface area contributed by atoms with E-state index in [2.05, 4.69) is 46.9 Å². The van der Waals surface area contributed by atoms with Gasteiger partial charge in [-0.2, -0.15) is 4.37 Å². The molecule has 0 amide bonds. The lowest BCUT2D eigenvalue weighted by molar-refractivity contribution is 0.396. The number of hydrogen-bond acceptors (Lipinski definition) is 4. The quantitative estimate of drug-likeness (QED) is 0.798. The van der Waals surface area contributed by atoms with E-state index in [1.165, 1.54) is 23.2 Å². The highest BCUT2D eigenvalue weighted by Crippen LogP contribution is 2.26. The lowest BCUT2D eigenvalue weighted by Gasteiger charge is -2.09. The fraction of sp³-hybridized carbons (Fsp3) is 0.462. The molecule has 3 nitrogen and oxygen atoms in total. The van der Waals surface area contributed by atoms with Crippen molar-refractivity contribution in [2.75, 3.05) is 32.5 Å². The zero-order valence-electron chi connectivity index (χ0n) is 10.4. The molecule has 2 rings (SSSR count). The lowest BCUT2D eigenvalue weighted by Crippen LogP contribution is -2.14. The van der Waals surface area contributed by atoms with Crippen LogP contribution < -0.4 is 5.32 Å². The molecule has 0 saturated carbocycles. The van der Waals surface area contributed by atoms with Gasteiger partial charge in [-0.05, 0) is 57.1 Å². The standard InChI is InChI=1S/C13H19N3S/c1-16(2)10-6-5-9-14-13-11-7-3-4-8-12(11)15-17-13/h3-4,7-8,14H,5-6,9-10H2,1-2H3. The van der Waals surface area contributed by atoms with Crippen LogP contribution in [0.25, 0.3) is 10.9 Å². The molecule has 0 spiro atoms. The Bertz CT molecular complexity index is 464. The summed E-state index contributed by atoms with van der Waals surface area (Å²) in [4.78, 5) is 2.22. The fourth-order valence-electron chi connectivity index (χ4n) is 1.77. The van der Waals surface area contributed by atoms with Gasteiger partial charge in [-0.1, -0.05) is 12.1 Å². The second-order valence-electron chi connectivity index (χ2n) is 4.47. The van der Waals surface area contributed by atoms with E-state index in [0.717, 1.165) is 18.6 Å². The van der Waals surface area contributed by atoms with Crippen molar-refractivity contribution < 1.29 is 0 Å². The molecule has 0 unspecified atom stereocenters. The molecule has 0 bridgehead atoms. The highest BCUT2D eigenvalue weighted by Gasteiger charge is 2.03. The van der Waals surface area contributed by atoms with E-state index in [4.69, 9.17) is 0 Å². The summed E-state index contributed by atoms with van der Waals surface area (Å²) in [5, 5.41) is 5.92. The third-order valence-electron chi connectivity index (χ3n) is 2.70. The molecule has 1 aromatic carbocycles. The van der Waals surface area contributed by atoms with E-state index in [9.17, 15) is 0 Å². The molecule has 2 aromatic rings. The van der Waals surface area contributed by atoms with Crippen LogP contribution in [-0.4, -0.2) is 36.5 Å². The van der Waals surface area contributed by atoms with E-state index >= 15 is 0 Å². The second kappa shape index (κ2) is 5.98. The van der Waals surface area contributed by atoms with Crippen LogP contribution in [0.1, 0.15) is 12.8 Å². The van der Waals surface area contributed by atoms with Gasteiger partial charge in [0.05, 0.1) is 5.52 Å². The normalized spacial score (nSPS) is 11.2. The SMILES string of the molecule is CN(C)CCCCNc1snc2ccccc12. The number of nitrogens with one attached hydrogen (secondary N) is 1. The zero-order chi connectivity index (χ0) is 12.1. The molecular formula is C13H19N3S. The molecule has 0 fully saturated rings. The maximum absolute atomic E-state index is 4.42. The van der Waals surface area contributed by atoms with E-state index < -0.39 is 0 Å². The van der Waals surface area contributed by atoms with Crippen molar-refractivity contribution in [2.45, 2.75) is 12.8 Å². The summed E-state index contributed by atoms with van der Waals surface area (Å²) in [7, 11) is 4.23. The Morgan fingerprint density at radius 2 is 2.06 bits per heavy atom. The van der Waals surface area contributed by atoms with Crippen molar-refractivity contribution in [3.8, 4) is 0 Å². The number of hydrogen-bond donors (Lipinski definition) is 1. The summed E-state index contributed by atoms with van der Waals surface area (Å²) in [5.41, 5.74) is 1.09. The minimum absolute atomic E-state index is 1.03. The molecule has 0 saturated heterocycles. The maximum Gasteiger partial charge on any atom is 0.117 e. The Balaban J connectivity index is 1.83. The molecule has 1 aromatic heterocycles. The number of benzene rings is 1. The first kappa shape index (κ1) is 12.3. The van der Waals surface area contributed by atoms with Crippen LogP contribution >= 0.6 is 11.5 Å². The third-order valence-corrected chi connectivity index (χ3v) is 3.54. The molecular weight excluding hydrogens is 230 g/mol. The van der Waals surface area contributed by atoms with Crippen molar-refractivity contribution >= 4 is 27.4 Å². The average molecular weight is 249 g/mol. The topological polar surface area (TPSA) is 28.2 Å². The van der Waals surface area contributed by atoms with Gasteiger partial charge in [-0.3, -0.25) is 0 Å². The minimum Gasteiger partial charge on any atom is -0.375 e. The second-order valence-corrected chi connectivity index (χ2v) is 5.24. The average Bonchev–Trinajstić information content (AvgIpc) is 2.72. The van der Waals surface area contributed by atoms with Crippen molar-refractivity contribution in [2.24, 2.45) is 0 Å². The van der Waals surface area contributed by atoms with Gasteiger partial charge in [-0.15, -0.1) is 0 Å². The summed E-state index contributed by atoms with van der Waals surface area (Å²) in [6, 6.07) is 8.28. The number of anilines is 1. The van der Waals surface area contributed by atoms with Crippen molar-refractivity contribution in [3.63, 3.8) is 0 Å². The molecule has 0 aliphatic heterocycles. The molecule has 4 heteroatoms. The number of nitrogens with zero attached hydrogens (tertiary/aromatic N) is 2. The zero-order valence-corrected chi connectivity index (χ0v) is 11.3. The van der Waals surface area contributed by atoms with Gasteiger partial charge in [0.15, 0.2) is 0 Å². The predicted molar refractivity (Wildman–Crippen MR) is 75.9 cm³/mol. The molecule has 92 valence electrons. The van der Waals surface area contributed by atoms with Crippen LogP contribution in [0.5, 0.6) is 0 Å². The maximum atomic E-state index is 4.42. The smallest absolute Gasteiger partial charge is 0.117 e. The first-order valence-corrected chi connectivity index (χ1v) is 6.78. The predicted octanol–water partition coefficient (Wildman–Crippen LogP) is 3.05. The number of unbranched alkanes of at least 4 members (excludes halogenated alkanes) is 1. The van der Waals surface area contributed by atoms with Crippen molar-refractivity contribution in [3.05, 3.63) is 24.3 Å². The van der Waals surface area contributed by atoms with Gasteiger partial charge in [0.25, 0.3) is 0 Å². The van der Waals surface area contributed by atoms with Crippen LogP contribution in [0.3, 0.4) is 0 Å². The van der Waals surface area contributed by atoms with Gasteiger partial charge in [0, 0.05) is 11.9 Å². The Labute approximate surface area is 107 Å².